The van der Waals surface area contributed by atoms with Gasteiger partial charge in [-0.3, -0.25) is 4.79 Å². The molecule has 1 aliphatic heterocycles. The largest absolute Gasteiger partial charge is 0.457 e. The molecule has 156 valence electrons. The third kappa shape index (κ3) is 5.12. The van der Waals surface area contributed by atoms with E-state index in [0.29, 0.717) is 37.6 Å². The zero-order valence-corrected chi connectivity index (χ0v) is 16.8. The smallest absolute Gasteiger partial charge is 0.257 e. The Kier molecular flexibility index (Phi) is 6.84. The monoisotopic (exact) mass is 401 g/mol. The predicted molar refractivity (Wildman–Crippen MR) is 110 cm³/mol. The number of halogens is 1. The molecular formula is C22H28FN3O3. The number of rotatable bonds is 6. The lowest BCUT2D eigenvalue weighted by atomic mass is 10.00. The van der Waals surface area contributed by atoms with Crippen LogP contribution in [0.4, 0.5) is 4.39 Å². The van der Waals surface area contributed by atoms with Gasteiger partial charge in [0.15, 0.2) is 0 Å². The van der Waals surface area contributed by atoms with Crippen molar-refractivity contribution in [1.29, 1.82) is 0 Å². The van der Waals surface area contributed by atoms with Gasteiger partial charge < -0.3 is 25.4 Å². The van der Waals surface area contributed by atoms with E-state index in [0.717, 1.165) is 12.0 Å². The van der Waals surface area contributed by atoms with Crippen molar-refractivity contribution in [3.05, 3.63) is 59.4 Å². The number of ether oxygens (including phenoxy) is 1. The second kappa shape index (κ2) is 9.35. The van der Waals surface area contributed by atoms with Gasteiger partial charge in [0.1, 0.15) is 17.3 Å². The van der Waals surface area contributed by atoms with Crippen molar-refractivity contribution in [3.63, 3.8) is 0 Å². The molecule has 6 nitrogen and oxygen atoms in total. The number of hydrogen-bond acceptors (Lipinski definition) is 5. The highest BCUT2D eigenvalue weighted by Crippen LogP contribution is 2.26. The van der Waals surface area contributed by atoms with E-state index in [9.17, 15) is 14.3 Å². The number of piperidine rings is 1. The Hall–Kier alpha value is -2.48. The van der Waals surface area contributed by atoms with Crippen LogP contribution >= 0.6 is 0 Å². The van der Waals surface area contributed by atoms with Crippen LogP contribution in [0.2, 0.25) is 0 Å². The van der Waals surface area contributed by atoms with Crippen LogP contribution in [0.5, 0.6) is 11.5 Å². The fourth-order valence-electron chi connectivity index (χ4n) is 3.54. The van der Waals surface area contributed by atoms with Crippen molar-refractivity contribution in [2.24, 2.45) is 5.73 Å². The maximum Gasteiger partial charge on any atom is 0.257 e. The number of amides is 1. The number of carbonyl (C=O) groups is 1. The standard InChI is InChI=1S/C22H28FN3O3/c1-25(2)20-14-26(12-10-21(20)27)22(28)18-13-17(7-8-19(18)23)29-16-5-3-15(4-6-16)9-11-24/h3-8,13,20-21,27H,9-12,14,24H2,1-2H3/t20-,21+/m1/s1. The van der Waals surface area contributed by atoms with Crippen LogP contribution in [-0.2, 0) is 6.42 Å². The number of likely N-dealkylation sites (N-methyl/N-ethyl adjacent to an activating group) is 1. The first-order valence-electron chi connectivity index (χ1n) is 9.79. The molecule has 1 aliphatic rings. The molecule has 3 rings (SSSR count). The predicted octanol–water partition coefficient (Wildman–Crippen LogP) is 2.26. The molecule has 0 spiro atoms. The minimum atomic E-state index is -0.590. The molecule has 0 aliphatic carbocycles. The van der Waals surface area contributed by atoms with Gasteiger partial charge in [0.05, 0.1) is 17.7 Å². The fourth-order valence-corrected chi connectivity index (χ4v) is 3.54. The van der Waals surface area contributed by atoms with E-state index in [-0.39, 0.29) is 11.6 Å². The molecule has 0 unspecified atom stereocenters. The molecule has 1 saturated heterocycles. The van der Waals surface area contributed by atoms with Gasteiger partial charge in [0, 0.05) is 13.1 Å². The van der Waals surface area contributed by atoms with Crippen molar-refractivity contribution >= 4 is 5.91 Å². The van der Waals surface area contributed by atoms with Gasteiger partial charge >= 0.3 is 0 Å². The molecule has 29 heavy (non-hydrogen) atoms. The van der Waals surface area contributed by atoms with Crippen LogP contribution in [0.1, 0.15) is 22.3 Å². The van der Waals surface area contributed by atoms with Gasteiger partial charge in [0.2, 0.25) is 0 Å². The number of benzene rings is 2. The third-order valence-corrected chi connectivity index (χ3v) is 5.26. The quantitative estimate of drug-likeness (QED) is 0.776. The minimum Gasteiger partial charge on any atom is -0.457 e. The van der Waals surface area contributed by atoms with E-state index in [2.05, 4.69) is 0 Å². The number of nitrogens with zero attached hydrogens (tertiary/aromatic N) is 2. The average molecular weight is 401 g/mol. The summed E-state index contributed by atoms with van der Waals surface area (Å²) in [7, 11) is 3.71. The second-order valence-corrected chi connectivity index (χ2v) is 7.56. The molecule has 0 saturated carbocycles. The van der Waals surface area contributed by atoms with Gasteiger partial charge in [-0.15, -0.1) is 0 Å². The molecule has 2 atom stereocenters. The fraction of sp³-hybridized carbons (Fsp3) is 0.409. The van der Waals surface area contributed by atoms with Crippen molar-refractivity contribution in [2.75, 3.05) is 33.7 Å². The Bertz CT molecular complexity index is 842. The molecule has 7 heteroatoms. The number of aliphatic hydroxyl groups excluding tert-OH is 1. The summed E-state index contributed by atoms with van der Waals surface area (Å²) in [6.07, 6.45) is 0.742. The summed E-state index contributed by atoms with van der Waals surface area (Å²) < 4.78 is 20.2. The first kappa shape index (κ1) is 21.2. The molecule has 2 aromatic carbocycles. The Labute approximate surface area is 170 Å². The molecule has 2 aromatic rings. The summed E-state index contributed by atoms with van der Waals surface area (Å²) in [5.41, 5.74) is 6.63. The number of nitrogens with two attached hydrogens (primary N) is 1. The molecule has 1 amide bonds. The van der Waals surface area contributed by atoms with Crippen LogP contribution in [0, 0.1) is 5.82 Å². The third-order valence-electron chi connectivity index (χ3n) is 5.26. The number of likely N-dealkylation sites (tertiary alicyclic amines) is 1. The van der Waals surface area contributed by atoms with Crippen LogP contribution in [0.3, 0.4) is 0 Å². The molecule has 0 aromatic heterocycles. The van der Waals surface area contributed by atoms with Crippen molar-refractivity contribution in [3.8, 4) is 11.5 Å². The summed E-state index contributed by atoms with van der Waals surface area (Å²) in [5.74, 6) is 0.00485. The Balaban J connectivity index is 1.75. The molecule has 0 bridgehead atoms. The van der Waals surface area contributed by atoms with E-state index < -0.39 is 17.8 Å². The Morgan fingerprint density at radius 3 is 2.59 bits per heavy atom. The lowest BCUT2D eigenvalue weighted by molar-refractivity contribution is 0.00868. The molecule has 1 fully saturated rings. The van der Waals surface area contributed by atoms with E-state index in [4.69, 9.17) is 10.5 Å². The first-order valence-corrected chi connectivity index (χ1v) is 9.79. The second-order valence-electron chi connectivity index (χ2n) is 7.56. The van der Waals surface area contributed by atoms with Crippen molar-refractivity contribution < 1.29 is 19.0 Å². The highest BCUT2D eigenvalue weighted by atomic mass is 19.1. The minimum absolute atomic E-state index is 0.0313. The SMILES string of the molecule is CN(C)[C@@H]1CN(C(=O)c2cc(Oc3ccc(CCN)cc3)ccc2F)CC[C@@H]1O. The number of aliphatic hydroxyl groups is 1. The van der Waals surface area contributed by atoms with Crippen LogP contribution < -0.4 is 10.5 Å². The van der Waals surface area contributed by atoms with Gasteiger partial charge in [-0.05, 0) is 69.4 Å². The van der Waals surface area contributed by atoms with Crippen LogP contribution in [-0.4, -0.2) is 66.7 Å². The highest BCUT2D eigenvalue weighted by molar-refractivity contribution is 5.95. The summed E-state index contributed by atoms with van der Waals surface area (Å²) >= 11 is 0. The Morgan fingerprint density at radius 2 is 1.93 bits per heavy atom. The number of hydrogen-bond donors (Lipinski definition) is 2. The maximum atomic E-state index is 14.4. The van der Waals surface area contributed by atoms with E-state index in [1.54, 1.807) is 4.90 Å². The van der Waals surface area contributed by atoms with E-state index in [1.807, 2.05) is 43.3 Å². The van der Waals surface area contributed by atoms with Crippen LogP contribution in [0.25, 0.3) is 0 Å². The van der Waals surface area contributed by atoms with Gasteiger partial charge in [0.25, 0.3) is 5.91 Å². The lowest BCUT2D eigenvalue weighted by Gasteiger charge is -2.39. The molecule has 1 heterocycles. The molecule has 0 radical (unpaired) electrons. The first-order chi connectivity index (χ1) is 13.9. The van der Waals surface area contributed by atoms with Crippen molar-refractivity contribution in [2.45, 2.75) is 25.0 Å². The van der Waals surface area contributed by atoms with Gasteiger partial charge in [-0.2, -0.15) is 0 Å². The summed E-state index contributed by atoms with van der Waals surface area (Å²) in [6.45, 7) is 1.31. The summed E-state index contributed by atoms with van der Waals surface area (Å²) in [5, 5.41) is 10.1. The van der Waals surface area contributed by atoms with Crippen molar-refractivity contribution in [1.82, 2.24) is 9.80 Å². The zero-order valence-electron chi connectivity index (χ0n) is 16.8. The normalized spacial score (nSPS) is 19.4. The molecule has 3 N–H and O–H groups in total. The highest BCUT2D eigenvalue weighted by Gasteiger charge is 2.32. The van der Waals surface area contributed by atoms with E-state index >= 15 is 0 Å². The lowest BCUT2D eigenvalue weighted by Crippen LogP contribution is -2.54. The average Bonchev–Trinajstić information content (AvgIpc) is 2.71. The Morgan fingerprint density at radius 1 is 1.24 bits per heavy atom. The van der Waals surface area contributed by atoms with Gasteiger partial charge in [-0.25, -0.2) is 4.39 Å². The molecular weight excluding hydrogens is 373 g/mol. The zero-order chi connectivity index (χ0) is 21.0. The van der Waals surface area contributed by atoms with E-state index in [1.165, 1.54) is 18.2 Å². The summed E-state index contributed by atoms with van der Waals surface area (Å²) in [6, 6.07) is 11.5. The van der Waals surface area contributed by atoms with Gasteiger partial charge in [-0.1, -0.05) is 12.1 Å². The maximum absolute atomic E-state index is 14.4. The topological polar surface area (TPSA) is 79.0 Å². The number of carbonyl (C=O) groups excluding carboxylic acids is 1. The summed E-state index contributed by atoms with van der Waals surface area (Å²) in [4.78, 5) is 16.4. The van der Waals surface area contributed by atoms with Crippen LogP contribution in [0.15, 0.2) is 42.5 Å².